The molecule has 1 saturated heterocycles. The van der Waals surface area contributed by atoms with E-state index in [1.807, 2.05) is 55.5 Å². The molecule has 1 atom stereocenters. The van der Waals surface area contributed by atoms with Crippen LogP contribution in [0.2, 0.25) is 0 Å². The fourth-order valence-corrected chi connectivity index (χ4v) is 3.33. The Hall–Kier alpha value is -1.85. The van der Waals surface area contributed by atoms with Crippen LogP contribution in [-0.2, 0) is 11.3 Å². The lowest BCUT2D eigenvalue weighted by molar-refractivity contribution is -0.147. The van der Waals surface area contributed by atoms with Crippen molar-refractivity contribution in [2.45, 2.75) is 19.9 Å². The van der Waals surface area contributed by atoms with Gasteiger partial charge in [-0.05, 0) is 55.8 Å². The average molecular weight is 390 g/mol. The number of hydrogen-bond acceptors (Lipinski definition) is 3. The van der Waals surface area contributed by atoms with E-state index >= 15 is 0 Å². The number of aliphatic carboxylic acids is 1. The van der Waals surface area contributed by atoms with E-state index in [9.17, 15) is 9.90 Å². The Labute approximate surface area is 150 Å². The summed E-state index contributed by atoms with van der Waals surface area (Å²) in [4.78, 5) is 13.5. The molecule has 1 unspecified atom stereocenters. The van der Waals surface area contributed by atoms with Crippen molar-refractivity contribution in [3.05, 3.63) is 58.6 Å². The van der Waals surface area contributed by atoms with Crippen molar-refractivity contribution in [3.63, 3.8) is 0 Å². The summed E-state index contributed by atoms with van der Waals surface area (Å²) in [5, 5.41) is 9.31. The molecule has 0 spiro atoms. The first-order valence-electron chi connectivity index (χ1n) is 7.93. The molecule has 0 bridgehead atoms. The average Bonchev–Trinajstić information content (AvgIpc) is 2.92. The molecule has 24 heavy (non-hydrogen) atoms. The lowest BCUT2D eigenvalue weighted by Gasteiger charge is -2.20. The molecular formula is C19H20BrNO3. The number of likely N-dealkylation sites (tertiary alicyclic amines) is 1. The number of carboxylic acids is 1. The maximum atomic E-state index is 11.3. The van der Waals surface area contributed by atoms with Gasteiger partial charge in [0.25, 0.3) is 0 Å². The Kier molecular flexibility index (Phi) is 4.92. The summed E-state index contributed by atoms with van der Waals surface area (Å²) in [5.74, 6) is 0.866. The van der Waals surface area contributed by atoms with Crippen molar-refractivity contribution in [2.24, 2.45) is 5.41 Å². The fourth-order valence-electron chi connectivity index (χ4n) is 2.95. The van der Waals surface area contributed by atoms with E-state index in [1.54, 1.807) is 0 Å². The Bertz CT molecular complexity index is 732. The van der Waals surface area contributed by atoms with E-state index in [1.165, 1.54) is 0 Å². The second-order valence-electron chi connectivity index (χ2n) is 6.53. The standard InChI is InChI=1S/C19H20BrNO3/c1-19(18(22)23)9-10-21(13-19)12-14-5-7-16(8-6-14)24-17-4-2-3-15(20)11-17/h2-8,11H,9-10,12-13H2,1H3,(H,22,23). The van der Waals surface area contributed by atoms with Crippen LogP contribution in [0, 0.1) is 5.41 Å². The van der Waals surface area contributed by atoms with Gasteiger partial charge in [-0.1, -0.05) is 34.1 Å². The number of carbonyl (C=O) groups is 1. The smallest absolute Gasteiger partial charge is 0.310 e. The molecule has 126 valence electrons. The van der Waals surface area contributed by atoms with Crippen molar-refractivity contribution >= 4 is 21.9 Å². The number of nitrogens with zero attached hydrogens (tertiary/aromatic N) is 1. The van der Waals surface area contributed by atoms with E-state index < -0.39 is 11.4 Å². The highest BCUT2D eigenvalue weighted by Gasteiger charge is 2.40. The molecule has 1 aliphatic heterocycles. The number of ether oxygens (including phenoxy) is 1. The molecule has 0 aromatic heterocycles. The number of halogens is 1. The molecule has 1 heterocycles. The van der Waals surface area contributed by atoms with Gasteiger partial charge in [-0.15, -0.1) is 0 Å². The van der Waals surface area contributed by atoms with Crippen LogP contribution in [0.25, 0.3) is 0 Å². The first kappa shape index (κ1) is 17.0. The highest BCUT2D eigenvalue weighted by atomic mass is 79.9. The molecule has 4 nitrogen and oxygen atoms in total. The summed E-state index contributed by atoms with van der Waals surface area (Å²) in [6.45, 7) is 4.00. The normalized spacial score (nSPS) is 20.9. The van der Waals surface area contributed by atoms with Crippen molar-refractivity contribution in [2.75, 3.05) is 13.1 Å². The predicted molar refractivity (Wildman–Crippen MR) is 96.3 cm³/mol. The molecule has 2 aromatic rings. The molecule has 5 heteroatoms. The van der Waals surface area contributed by atoms with E-state index in [4.69, 9.17) is 4.74 Å². The lowest BCUT2D eigenvalue weighted by Crippen LogP contribution is -2.31. The first-order chi connectivity index (χ1) is 11.4. The molecule has 1 N–H and O–H groups in total. The zero-order chi connectivity index (χ0) is 17.2. The number of rotatable bonds is 5. The Balaban J connectivity index is 1.60. The van der Waals surface area contributed by atoms with Crippen LogP contribution in [0.5, 0.6) is 11.5 Å². The highest BCUT2D eigenvalue weighted by molar-refractivity contribution is 9.10. The van der Waals surface area contributed by atoms with Crippen LogP contribution in [0.1, 0.15) is 18.9 Å². The Morgan fingerprint density at radius 2 is 2.00 bits per heavy atom. The molecule has 0 aliphatic carbocycles. The summed E-state index contributed by atoms with van der Waals surface area (Å²) < 4.78 is 6.81. The highest BCUT2D eigenvalue weighted by Crippen LogP contribution is 2.31. The van der Waals surface area contributed by atoms with Crippen LogP contribution in [0.15, 0.2) is 53.0 Å². The van der Waals surface area contributed by atoms with E-state index in [0.717, 1.165) is 34.6 Å². The molecule has 1 aliphatic rings. The van der Waals surface area contributed by atoms with E-state index in [-0.39, 0.29) is 0 Å². The van der Waals surface area contributed by atoms with E-state index in [0.29, 0.717) is 13.0 Å². The zero-order valence-electron chi connectivity index (χ0n) is 13.5. The number of hydrogen-bond donors (Lipinski definition) is 1. The summed E-state index contributed by atoms with van der Waals surface area (Å²) in [5.41, 5.74) is 0.537. The topological polar surface area (TPSA) is 49.8 Å². The Morgan fingerprint density at radius 3 is 2.62 bits per heavy atom. The molecule has 0 saturated carbocycles. The summed E-state index contributed by atoms with van der Waals surface area (Å²) in [6, 6.07) is 15.7. The molecule has 0 amide bonds. The van der Waals surface area contributed by atoms with Crippen molar-refractivity contribution in [1.82, 2.24) is 4.90 Å². The monoisotopic (exact) mass is 389 g/mol. The van der Waals surface area contributed by atoms with Crippen molar-refractivity contribution in [3.8, 4) is 11.5 Å². The van der Waals surface area contributed by atoms with Crippen LogP contribution in [0.4, 0.5) is 0 Å². The van der Waals surface area contributed by atoms with Gasteiger partial charge < -0.3 is 9.84 Å². The summed E-state index contributed by atoms with van der Waals surface area (Å²) in [6.07, 6.45) is 0.701. The lowest BCUT2D eigenvalue weighted by atomic mass is 9.90. The maximum absolute atomic E-state index is 11.3. The first-order valence-corrected chi connectivity index (χ1v) is 8.72. The molecule has 2 aromatic carbocycles. The zero-order valence-corrected chi connectivity index (χ0v) is 15.1. The van der Waals surface area contributed by atoms with Gasteiger partial charge in [-0.3, -0.25) is 9.69 Å². The molecular weight excluding hydrogens is 370 g/mol. The second kappa shape index (κ2) is 6.95. The van der Waals surface area contributed by atoms with Crippen LogP contribution in [-0.4, -0.2) is 29.1 Å². The van der Waals surface area contributed by atoms with Crippen LogP contribution < -0.4 is 4.74 Å². The number of carboxylic acid groups (broad SMARTS) is 1. The summed E-state index contributed by atoms with van der Waals surface area (Å²) >= 11 is 3.43. The third kappa shape index (κ3) is 3.97. The van der Waals surface area contributed by atoms with Gasteiger partial charge >= 0.3 is 5.97 Å². The minimum Gasteiger partial charge on any atom is -0.481 e. The minimum atomic E-state index is -0.706. The Morgan fingerprint density at radius 1 is 1.25 bits per heavy atom. The van der Waals surface area contributed by atoms with Gasteiger partial charge in [0.1, 0.15) is 11.5 Å². The molecule has 3 rings (SSSR count). The van der Waals surface area contributed by atoms with Crippen molar-refractivity contribution < 1.29 is 14.6 Å². The summed E-state index contributed by atoms with van der Waals surface area (Å²) in [7, 11) is 0. The maximum Gasteiger partial charge on any atom is 0.310 e. The van der Waals surface area contributed by atoms with Gasteiger partial charge in [0.05, 0.1) is 5.41 Å². The predicted octanol–water partition coefficient (Wildman–Crippen LogP) is 4.54. The van der Waals surface area contributed by atoms with Gasteiger partial charge in [0, 0.05) is 17.6 Å². The van der Waals surface area contributed by atoms with Gasteiger partial charge in [0.15, 0.2) is 0 Å². The third-order valence-corrected chi connectivity index (χ3v) is 4.92. The molecule has 0 radical (unpaired) electrons. The molecule has 1 fully saturated rings. The SMILES string of the molecule is CC1(C(=O)O)CCN(Cc2ccc(Oc3cccc(Br)c3)cc2)C1. The van der Waals surface area contributed by atoms with Crippen molar-refractivity contribution in [1.29, 1.82) is 0 Å². The largest absolute Gasteiger partial charge is 0.481 e. The van der Waals surface area contributed by atoms with E-state index in [2.05, 4.69) is 20.8 Å². The van der Waals surface area contributed by atoms with Gasteiger partial charge in [-0.25, -0.2) is 0 Å². The third-order valence-electron chi connectivity index (χ3n) is 4.43. The van der Waals surface area contributed by atoms with Gasteiger partial charge in [0.2, 0.25) is 0 Å². The fraction of sp³-hybridized carbons (Fsp3) is 0.316. The quantitative estimate of drug-likeness (QED) is 0.815. The van der Waals surface area contributed by atoms with Crippen LogP contribution >= 0.6 is 15.9 Å². The second-order valence-corrected chi connectivity index (χ2v) is 7.45. The van der Waals surface area contributed by atoms with Crippen LogP contribution in [0.3, 0.4) is 0 Å². The number of benzene rings is 2. The minimum absolute atomic E-state index is 0.596. The van der Waals surface area contributed by atoms with Gasteiger partial charge in [-0.2, -0.15) is 0 Å².